The summed E-state index contributed by atoms with van der Waals surface area (Å²) in [5, 5.41) is 3.36. The van der Waals surface area contributed by atoms with E-state index < -0.39 is 0 Å². The summed E-state index contributed by atoms with van der Waals surface area (Å²) in [6.07, 6.45) is 1.09. The average molecular weight is 389 g/mol. The number of aliphatic imine (C=N–C) groups is 1. The molecule has 0 bridgehead atoms. The zero-order valence-corrected chi connectivity index (χ0v) is 14.6. The monoisotopic (exact) mass is 389 g/mol. The largest absolute Gasteiger partial charge is 0.380 e. The minimum absolute atomic E-state index is 0. The van der Waals surface area contributed by atoms with Gasteiger partial charge >= 0.3 is 0 Å². The van der Waals surface area contributed by atoms with Crippen molar-refractivity contribution in [2.75, 3.05) is 37.7 Å². The Kier molecular flexibility index (Phi) is 7.91. The molecule has 0 spiro atoms. The molecular formula is C15H24IN3O. The van der Waals surface area contributed by atoms with E-state index in [2.05, 4.69) is 46.4 Å². The van der Waals surface area contributed by atoms with Crippen LogP contribution in [-0.4, -0.2) is 38.8 Å². The molecule has 0 aliphatic carbocycles. The molecule has 0 atom stereocenters. The third kappa shape index (κ3) is 4.34. The van der Waals surface area contributed by atoms with Gasteiger partial charge < -0.3 is 15.0 Å². The van der Waals surface area contributed by atoms with Crippen molar-refractivity contribution >= 4 is 35.6 Å². The lowest BCUT2D eigenvalue weighted by Gasteiger charge is -2.22. The molecule has 1 N–H and O–H groups in total. The fraction of sp³-hybridized carbons (Fsp3) is 0.533. The minimum Gasteiger partial charge on any atom is -0.380 e. The van der Waals surface area contributed by atoms with Crippen molar-refractivity contribution < 1.29 is 4.74 Å². The number of hydrogen-bond acceptors (Lipinski definition) is 2. The Morgan fingerprint density at radius 3 is 2.90 bits per heavy atom. The molecule has 4 nitrogen and oxygen atoms in total. The summed E-state index contributed by atoms with van der Waals surface area (Å²) >= 11 is 0. The Morgan fingerprint density at radius 2 is 2.15 bits per heavy atom. The second kappa shape index (κ2) is 9.18. The van der Waals surface area contributed by atoms with Gasteiger partial charge in [-0.2, -0.15) is 0 Å². The summed E-state index contributed by atoms with van der Waals surface area (Å²) in [6.45, 7) is 8.12. The Morgan fingerprint density at radius 1 is 1.35 bits per heavy atom. The number of ether oxygens (including phenoxy) is 1. The number of fused-ring (bicyclic) bond motifs is 1. The van der Waals surface area contributed by atoms with E-state index in [1.165, 1.54) is 11.3 Å². The molecule has 0 saturated heterocycles. The average Bonchev–Trinajstić information content (AvgIpc) is 2.86. The quantitative estimate of drug-likeness (QED) is 0.364. The lowest BCUT2D eigenvalue weighted by molar-refractivity contribution is 0.155. The van der Waals surface area contributed by atoms with Gasteiger partial charge in [0.05, 0.1) is 13.2 Å². The highest BCUT2D eigenvalue weighted by Crippen LogP contribution is 2.27. The van der Waals surface area contributed by atoms with Crippen molar-refractivity contribution in [1.29, 1.82) is 0 Å². The number of hydrogen-bond donors (Lipinski definition) is 1. The van der Waals surface area contributed by atoms with Crippen molar-refractivity contribution in [2.24, 2.45) is 4.99 Å². The highest BCUT2D eigenvalue weighted by Gasteiger charge is 2.21. The summed E-state index contributed by atoms with van der Waals surface area (Å²) in [6, 6.07) is 8.54. The first-order valence-electron chi connectivity index (χ1n) is 7.08. The van der Waals surface area contributed by atoms with Crippen LogP contribution in [0.25, 0.3) is 0 Å². The minimum atomic E-state index is 0. The van der Waals surface area contributed by atoms with Gasteiger partial charge in [-0.1, -0.05) is 18.2 Å². The van der Waals surface area contributed by atoms with Crippen molar-refractivity contribution in [3.05, 3.63) is 29.8 Å². The van der Waals surface area contributed by atoms with Gasteiger partial charge in [0.1, 0.15) is 0 Å². The third-order valence-corrected chi connectivity index (χ3v) is 3.18. The molecule has 5 heteroatoms. The van der Waals surface area contributed by atoms with Crippen molar-refractivity contribution in [1.82, 2.24) is 5.32 Å². The summed E-state index contributed by atoms with van der Waals surface area (Å²) in [5.74, 6) is 0.965. The number of nitrogens with one attached hydrogen (secondary N) is 1. The maximum Gasteiger partial charge on any atom is 0.198 e. The van der Waals surface area contributed by atoms with Crippen LogP contribution in [0.3, 0.4) is 0 Å². The molecule has 20 heavy (non-hydrogen) atoms. The van der Waals surface area contributed by atoms with E-state index in [9.17, 15) is 0 Å². The van der Waals surface area contributed by atoms with Crippen molar-refractivity contribution in [2.45, 2.75) is 20.3 Å². The van der Waals surface area contributed by atoms with Gasteiger partial charge in [-0.15, -0.1) is 24.0 Å². The Bertz CT molecular complexity index is 437. The van der Waals surface area contributed by atoms with E-state index in [4.69, 9.17) is 4.74 Å². The smallest absolute Gasteiger partial charge is 0.198 e. The van der Waals surface area contributed by atoms with E-state index in [-0.39, 0.29) is 24.0 Å². The third-order valence-electron chi connectivity index (χ3n) is 3.18. The molecule has 1 aromatic carbocycles. The van der Waals surface area contributed by atoms with Crippen LogP contribution in [0.2, 0.25) is 0 Å². The maximum absolute atomic E-state index is 5.34. The normalized spacial score (nSPS) is 13.9. The maximum atomic E-state index is 5.34. The SMILES string of the molecule is CCNC(=NCCOCC)N1CCc2ccccc21.I. The van der Waals surface area contributed by atoms with Crippen LogP contribution in [0.1, 0.15) is 19.4 Å². The topological polar surface area (TPSA) is 36.9 Å². The van der Waals surface area contributed by atoms with Gasteiger partial charge in [-0.25, -0.2) is 0 Å². The number of rotatable bonds is 5. The van der Waals surface area contributed by atoms with Crippen LogP contribution in [-0.2, 0) is 11.2 Å². The highest BCUT2D eigenvalue weighted by atomic mass is 127. The predicted octanol–water partition coefficient (Wildman–Crippen LogP) is 2.67. The molecule has 0 amide bonds. The van der Waals surface area contributed by atoms with E-state index in [1.807, 2.05) is 6.92 Å². The summed E-state index contributed by atoms with van der Waals surface area (Å²) in [4.78, 5) is 6.91. The molecule has 0 saturated carbocycles. The first-order chi connectivity index (χ1) is 9.36. The van der Waals surface area contributed by atoms with Gasteiger partial charge in [0.2, 0.25) is 0 Å². The Balaban J connectivity index is 0.00000200. The molecule has 0 unspecified atom stereocenters. The van der Waals surface area contributed by atoms with Gasteiger partial charge in [0.25, 0.3) is 0 Å². The molecule has 0 aromatic heterocycles. The fourth-order valence-electron chi connectivity index (χ4n) is 2.31. The van der Waals surface area contributed by atoms with Crippen LogP contribution in [0.4, 0.5) is 5.69 Å². The van der Waals surface area contributed by atoms with E-state index >= 15 is 0 Å². The fourth-order valence-corrected chi connectivity index (χ4v) is 2.31. The molecule has 0 fully saturated rings. The van der Waals surface area contributed by atoms with E-state index in [0.29, 0.717) is 13.2 Å². The second-order valence-electron chi connectivity index (χ2n) is 4.46. The molecule has 1 aromatic rings. The van der Waals surface area contributed by atoms with E-state index in [0.717, 1.165) is 32.1 Å². The molecule has 1 aliphatic rings. The van der Waals surface area contributed by atoms with Crippen LogP contribution in [0, 0.1) is 0 Å². The molecule has 112 valence electrons. The number of nitrogens with zero attached hydrogens (tertiary/aromatic N) is 2. The Hall–Kier alpha value is -0.820. The van der Waals surface area contributed by atoms with Gasteiger partial charge in [-0.05, 0) is 31.9 Å². The number of halogens is 1. The predicted molar refractivity (Wildman–Crippen MR) is 95.4 cm³/mol. The number of anilines is 1. The van der Waals surface area contributed by atoms with Gasteiger partial charge in [0.15, 0.2) is 5.96 Å². The van der Waals surface area contributed by atoms with Gasteiger partial charge in [0, 0.05) is 25.4 Å². The molecular weight excluding hydrogens is 365 g/mol. The van der Waals surface area contributed by atoms with E-state index in [1.54, 1.807) is 0 Å². The summed E-state index contributed by atoms with van der Waals surface area (Å²) in [7, 11) is 0. The number of benzene rings is 1. The lowest BCUT2D eigenvalue weighted by Crippen LogP contribution is -2.40. The zero-order valence-electron chi connectivity index (χ0n) is 12.3. The molecule has 1 heterocycles. The second-order valence-corrected chi connectivity index (χ2v) is 4.46. The zero-order chi connectivity index (χ0) is 13.5. The van der Waals surface area contributed by atoms with Crippen molar-refractivity contribution in [3.63, 3.8) is 0 Å². The molecule has 2 rings (SSSR count). The van der Waals surface area contributed by atoms with Crippen LogP contribution >= 0.6 is 24.0 Å². The molecule has 1 aliphatic heterocycles. The first kappa shape index (κ1) is 17.2. The number of para-hydroxylation sites is 1. The Labute approximate surface area is 138 Å². The number of guanidine groups is 1. The van der Waals surface area contributed by atoms with Crippen LogP contribution < -0.4 is 10.2 Å². The van der Waals surface area contributed by atoms with Crippen molar-refractivity contribution in [3.8, 4) is 0 Å². The summed E-state index contributed by atoms with van der Waals surface area (Å²) in [5.41, 5.74) is 2.68. The standard InChI is InChI=1S/C15H23N3O.HI/c1-3-16-15(17-10-12-19-4-2)18-11-9-13-7-5-6-8-14(13)18;/h5-8H,3-4,9-12H2,1-2H3,(H,16,17);1H. The van der Waals surface area contributed by atoms with Crippen LogP contribution in [0.15, 0.2) is 29.3 Å². The lowest BCUT2D eigenvalue weighted by atomic mass is 10.2. The highest BCUT2D eigenvalue weighted by molar-refractivity contribution is 14.0. The van der Waals surface area contributed by atoms with Gasteiger partial charge in [-0.3, -0.25) is 4.99 Å². The summed E-state index contributed by atoms with van der Waals surface area (Å²) < 4.78 is 5.34. The van der Waals surface area contributed by atoms with Crippen LogP contribution in [0.5, 0.6) is 0 Å². The first-order valence-corrected chi connectivity index (χ1v) is 7.08. The molecule has 0 radical (unpaired) electrons.